The van der Waals surface area contributed by atoms with Gasteiger partial charge in [0.2, 0.25) is 0 Å². The van der Waals surface area contributed by atoms with Crippen LogP contribution in [0.15, 0.2) is 91.1 Å². The van der Waals surface area contributed by atoms with E-state index in [1.54, 1.807) is 0 Å². The molecule has 6 rings (SSSR count). The van der Waals surface area contributed by atoms with Gasteiger partial charge in [0.1, 0.15) is 0 Å². The highest BCUT2D eigenvalue weighted by molar-refractivity contribution is 6.15. The number of benzene rings is 3. The fourth-order valence-corrected chi connectivity index (χ4v) is 5.88. The van der Waals surface area contributed by atoms with Crippen LogP contribution in [-0.4, -0.2) is 59.1 Å². The number of hydrogen-bond donors (Lipinski definition) is 2. The molecule has 1 amide bonds. The van der Waals surface area contributed by atoms with Crippen LogP contribution in [0, 0.1) is 5.92 Å². The van der Waals surface area contributed by atoms with Crippen LogP contribution in [-0.2, 0) is 33.8 Å². The van der Waals surface area contributed by atoms with Crippen molar-refractivity contribution in [2.45, 2.75) is 45.0 Å². The molecular weight excluding hydrogens is 598 g/mol. The molecule has 3 aromatic carbocycles. The van der Waals surface area contributed by atoms with Crippen molar-refractivity contribution in [1.82, 2.24) is 15.2 Å². The number of carbonyl (C=O) groups is 3. The van der Waals surface area contributed by atoms with Gasteiger partial charge < -0.3 is 29.5 Å². The first-order valence-corrected chi connectivity index (χ1v) is 15.7. The van der Waals surface area contributed by atoms with Crippen LogP contribution in [0.4, 0.5) is 0 Å². The molecule has 1 aromatic heterocycles. The van der Waals surface area contributed by atoms with E-state index in [-0.39, 0.29) is 53.9 Å². The molecule has 0 saturated carbocycles. The van der Waals surface area contributed by atoms with Gasteiger partial charge in [-0.2, -0.15) is 0 Å². The number of likely N-dealkylation sites (N-methyl/N-ethyl adjacent to an activating group) is 1. The van der Waals surface area contributed by atoms with Gasteiger partial charge in [0, 0.05) is 55.0 Å². The van der Waals surface area contributed by atoms with E-state index >= 15 is 0 Å². The van der Waals surface area contributed by atoms with Crippen molar-refractivity contribution in [2.75, 3.05) is 20.1 Å². The summed E-state index contributed by atoms with van der Waals surface area (Å²) in [6.07, 6.45) is 1.69. The van der Waals surface area contributed by atoms with Gasteiger partial charge in [-0.25, -0.2) is 9.59 Å². The summed E-state index contributed by atoms with van der Waals surface area (Å²) in [5, 5.41) is 12.4. The summed E-state index contributed by atoms with van der Waals surface area (Å²) in [6, 6.07) is 25.8. The number of pyridine rings is 1. The Morgan fingerprint density at radius 2 is 1.62 bits per heavy atom. The minimum atomic E-state index is -0.750. The van der Waals surface area contributed by atoms with Crippen LogP contribution in [0.25, 0.3) is 0 Å². The zero-order valence-electron chi connectivity index (χ0n) is 26.3. The Labute approximate surface area is 273 Å². The summed E-state index contributed by atoms with van der Waals surface area (Å²) in [7, 11) is 2.09. The molecule has 3 heterocycles. The monoisotopic (exact) mass is 635 g/mol. The Hall–Kier alpha value is -4.74. The van der Waals surface area contributed by atoms with Crippen molar-refractivity contribution < 1.29 is 33.7 Å². The highest BCUT2D eigenvalue weighted by Crippen LogP contribution is 2.41. The predicted molar refractivity (Wildman–Crippen MR) is 172 cm³/mol. The van der Waals surface area contributed by atoms with Crippen LogP contribution in [0.1, 0.15) is 78.3 Å². The van der Waals surface area contributed by atoms with Crippen molar-refractivity contribution in [3.05, 3.63) is 136 Å². The van der Waals surface area contributed by atoms with Gasteiger partial charge in [0.25, 0.3) is 5.91 Å². The SMILES string of the molecule is CC1C(CN(C)CCc2ccccn2)OC(c2ccc(CNC(=O)c3ccc4c(c3)C(=O)OC4=O)cc2)OC1c1ccc(CO)cc1. The zero-order valence-corrected chi connectivity index (χ0v) is 26.3. The topological polar surface area (TPSA) is 127 Å². The molecule has 0 spiro atoms. The molecule has 242 valence electrons. The smallest absolute Gasteiger partial charge is 0.346 e. The van der Waals surface area contributed by atoms with Crippen molar-refractivity contribution in [3.63, 3.8) is 0 Å². The highest BCUT2D eigenvalue weighted by Gasteiger charge is 2.39. The standard InChI is InChI=1S/C37H37N3O7/c1-23-32(21-40(2)18-16-29-5-3-4-17-38-29)45-37(46-33(23)26-10-8-25(22-41)9-11-26)27-12-6-24(7-13-27)20-39-34(42)28-14-15-30-31(19-28)36(44)47-35(30)43/h3-15,17,19,23,32-33,37,41H,16,18,20-22H2,1-2H3,(H,39,42). The van der Waals surface area contributed by atoms with Gasteiger partial charge >= 0.3 is 11.9 Å². The second kappa shape index (κ2) is 14.4. The number of aliphatic hydroxyl groups excluding tert-OH is 1. The number of ether oxygens (including phenoxy) is 3. The van der Waals surface area contributed by atoms with Gasteiger partial charge in [0.05, 0.1) is 29.9 Å². The van der Waals surface area contributed by atoms with Gasteiger partial charge in [-0.3, -0.25) is 9.78 Å². The average Bonchev–Trinajstić information content (AvgIpc) is 3.39. The number of rotatable bonds is 11. The molecule has 2 aliphatic heterocycles. The number of esters is 2. The summed E-state index contributed by atoms with van der Waals surface area (Å²) in [6.45, 7) is 3.92. The molecule has 4 atom stereocenters. The van der Waals surface area contributed by atoms with Crippen molar-refractivity contribution in [3.8, 4) is 0 Å². The molecule has 0 aliphatic carbocycles. The van der Waals surface area contributed by atoms with Crippen molar-refractivity contribution in [2.24, 2.45) is 5.92 Å². The fourth-order valence-electron chi connectivity index (χ4n) is 5.88. The summed E-state index contributed by atoms with van der Waals surface area (Å²) in [5.74, 6) is -1.78. The third-order valence-corrected chi connectivity index (χ3v) is 8.70. The number of amides is 1. The fraction of sp³-hybridized carbons (Fsp3) is 0.297. The number of carbonyl (C=O) groups excluding carboxylic acids is 3. The normalized spacial score (nSPS) is 20.6. The summed E-state index contributed by atoms with van der Waals surface area (Å²) in [5.41, 5.74) is 5.14. The van der Waals surface area contributed by atoms with Crippen LogP contribution in [0.2, 0.25) is 0 Å². The van der Waals surface area contributed by atoms with E-state index in [9.17, 15) is 19.5 Å². The quantitative estimate of drug-likeness (QED) is 0.177. The van der Waals surface area contributed by atoms with Gasteiger partial charge in [0.15, 0.2) is 6.29 Å². The summed E-state index contributed by atoms with van der Waals surface area (Å²) in [4.78, 5) is 43.1. The Morgan fingerprint density at radius 3 is 2.34 bits per heavy atom. The molecule has 0 bridgehead atoms. The lowest BCUT2D eigenvalue weighted by molar-refractivity contribution is -0.275. The first kappa shape index (κ1) is 32.2. The molecule has 0 radical (unpaired) electrons. The maximum Gasteiger partial charge on any atom is 0.346 e. The van der Waals surface area contributed by atoms with E-state index in [4.69, 9.17) is 9.47 Å². The predicted octanol–water partition coefficient (Wildman–Crippen LogP) is 4.78. The van der Waals surface area contributed by atoms with E-state index in [2.05, 4.69) is 33.9 Å². The van der Waals surface area contributed by atoms with Gasteiger partial charge in [-0.15, -0.1) is 0 Å². The van der Waals surface area contributed by atoms with Crippen LogP contribution >= 0.6 is 0 Å². The Bertz CT molecular complexity index is 1730. The second-order valence-electron chi connectivity index (χ2n) is 12.0. The first-order valence-electron chi connectivity index (χ1n) is 15.7. The number of aromatic nitrogens is 1. The van der Waals surface area contributed by atoms with Crippen molar-refractivity contribution >= 4 is 17.8 Å². The van der Waals surface area contributed by atoms with Crippen LogP contribution < -0.4 is 5.32 Å². The zero-order chi connectivity index (χ0) is 32.9. The molecule has 47 heavy (non-hydrogen) atoms. The van der Waals surface area contributed by atoms with Crippen LogP contribution in [0.3, 0.4) is 0 Å². The number of aliphatic hydroxyl groups is 1. The molecule has 2 aliphatic rings. The maximum absolute atomic E-state index is 12.8. The lowest BCUT2D eigenvalue weighted by Gasteiger charge is -2.42. The van der Waals surface area contributed by atoms with E-state index in [0.717, 1.165) is 40.9 Å². The van der Waals surface area contributed by atoms with E-state index in [0.29, 0.717) is 6.54 Å². The molecule has 1 fully saturated rings. The number of hydrogen-bond acceptors (Lipinski definition) is 9. The molecule has 1 saturated heterocycles. The number of fused-ring (bicyclic) bond motifs is 1. The molecule has 4 unspecified atom stereocenters. The molecular formula is C37H37N3O7. The van der Waals surface area contributed by atoms with Gasteiger partial charge in [-0.1, -0.05) is 61.5 Å². The molecule has 10 heteroatoms. The maximum atomic E-state index is 12.8. The number of cyclic esters (lactones) is 2. The lowest BCUT2D eigenvalue weighted by atomic mass is 9.90. The second-order valence-corrected chi connectivity index (χ2v) is 12.0. The lowest BCUT2D eigenvalue weighted by Crippen LogP contribution is -2.43. The number of nitrogens with zero attached hydrogens (tertiary/aromatic N) is 2. The molecule has 4 aromatic rings. The Kier molecular flexibility index (Phi) is 9.84. The summed E-state index contributed by atoms with van der Waals surface area (Å²) >= 11 is 0. The average molecular weight is 636 g/mol. The third kappa shape index (κ3) is 7.47. The highest BCUT2D eigenvalue weighted by atomic mass is 16.7. The Morgan fingerprint density at radius 1 is 0.894 bits per heavy atom. The van der Waals surface area contributed by atoms with E-state index < -0.39 is 18.2 Å². The van der Waals surface area contributed by atoms with Crippen molar-refractivity contribution in [1.29, 1.82) is 0 Å². The van der Waals surface area contributed by atoms with Gasteiger partial charge in [-0.05, 0) is 54.1 Å². The van der Waals surface area contributed by atoms with E-state index in [1.165, 1.54) is 18.2 Å². The van der Waals surface area contributed by atoms with E-state index in [1.807, 2.05) is 72.9 Å². The minimum Gasteiger partial charge on any atom is -0.392 e. The Balaban J connectivity index is 1.13. The molecule has 10 nitrogen and oxygen atoms in total. The minimum absolute atomic E-state index is 0.0213. The molecule has 2 N–H and O–H groups in total. The third-order valence-electron chi connectivity index (χ3n) is 8.70. The largest absolute Gasteiger partial charge is 0.392 e. The summed E-state index contributed by atoms with van der Waals surface area (Å²) < 4.78 is 17.8. The van der Waals surface area contributed by atoms with Crippen LogP contribution in [0.5, 0.6) is 0 Å². The number of nitrogens with one attached hydrogen (secondary N) is 1. The first-order chi connectivity index (χ1) is 22.8.